The fourth-order valence-corrected chi connectivity index (χ4v) is 1.87. The highest BCUT2D eigenvalue weighted by Gasteiger charge is 2.05. The van der Waals surface area contributed by atoms with Crippen LogP contribution in [0, 0.1) is 0 Å². The molecule has 0 unspecified atom stereocenters. The number of hydrogen-bond acceptors (Lipinski definition) is 4. The highest BCUT2D eigenvalue weighted by molar-refractivity contribution is 5.77. The molecule has 2 rings (SSSR count). The second-order valence-electron chi connectivity index (χ2n) is 4.14. The number of hydrogen-bond donors (Lipinski definition) is 1. The summed E-state index contributed by atoms with van der Waals surface area (Å²) in [5.41, 5.74) is 9.71. The van der Waals surface area contributed by atoms with Crippen LogP contribution in [0.1, 0.15) is 12.6 Å². The lowest BCUT2D eigenvalue weighted by atomic mass is 10.0. The zero-order chi connectivity index (χ0) is 14.4. The lowest BCUT2D eigenvalue weighted by Crippen LogP contribution is -1.96. The number of nitrogens with two attached hydrogens (primary N) is 1. The molecular formula is C16H16N4. The van der Waals surface area contributed by atoms with Crippen molar-refractivity contribution in [1.82, 2.24) is 9.97 Å². The lowest BCUT2D eigenvalue weighted by Gasteiger charge is -2.07. The molecule has 0 aliphatic carbocycles. The summed E-state index contributed by atoms with van der Waals surface area (Å²) >= 11 is 0. The molecule has 0 aliphatic heterocycles. The summed E-state index contributed by atoms with van der Waals surface area (Å²) in [6, 6.07) is 7.72. The van der Waals surface area contributed by atoms with Gasteiger partial charge in [0, 0.05) is 18.6 Å². The van der Waals surface area contributed by atoms with E-state index >= 15 is 0 Å². The Labute approximate surface area is 118 Å². The predicted octanol–water partition coefficient (Wildman–Crippen LogP) is 3.34. The third kappa shape index (κ3) is 3.17. The van der Waals surface area contributed by atoms with Crippen molar-refractivity contribution in [3.05, 3.63) is 60.7 Å². The molecule has 0 spiro atoms. The van der Waals surface area contributed by atoms with Crippen molar-refractivity contribution >= 4 is 18.1 Å². The van der Waals surface area contributed by atoms with Crippen LogP contribution >= 0.6 is 0 Å². The van der Waals surface area contributed by atoms with E-state index in [1.54, 1.807) is 18.6 Å². The minimum atomic E-state index is 0.480. The standard InChI is InChI=1S/C16H16N4/c1-3-12(4-7-18-2)15-10-14(11-16(17)20-15)13-5-8-19-9-6-13/h3-11H,2H2,1H3,(H2,17,20)/b7-4-,12-3+. The van der Waals surface area contributed by atoms with Gasteiger partial charge in [0.05, 0.1) is 5.69 Å². The minimum Gasteiger partial charge on any atom is -0.384 e. The summed E-state index contributed by atoms with van der Waals surface area (Å²) in [4.78, 5) is 12.1. The molecule has 100 valence electrons. The van der Waals surface area contributed by atoms with E-state index < -0.39 is 0 Å². The van der Waals surface area contributed by atoms with E-state index in [1.165, 1.54) is 0 Å². The Hall–Kier alpha value is -2.75. The van der Waals surface area contributed by atoms with Gasteiger partial charge < -0.3 is 5.73 Å². The maximum Gasteiger partial charge on any atom is 0.124 e. The molecule has 4 nitrogen and oxygen atoms in total. The second-order valence-corrected chi connectivity index (χ2v) is 4.14. The van der Waals surface area contributed by atoms with Gasteiger partial charge in [0.25, 0.3) is 0 Å². The highest BCUT2D eigenvalue weighted by Crippen LogP contribution is 2.24. The van der Waals surface area contributed by atoms with E-state index in [0.717, 1.165) is 22.4 Å². The lowest BCUT2D eigenvalue weighted by molar-refractivity contribution is 1.28. The van der Waals surface area contributed by atoms with Gasteiger partial charge in [-0.3, -0.25) is 9.98 Å². The molecule has 0 amide bonds. The Morgan fingerprint density at radius 1 is 1.25 bits per heavy atom. The van der Waals surface area contributed by atoms with Crippen LogP contribution in [0.2, 0.25) is 0 Å². The van der Waals surface area contributed by atoms with Crippen LogP contribution in [0.3, 0.4) is 0 Å². The number of rotatable bonds is 4. The predicted molar refractivity (Wildman–Crippen MR) is 84.2 cm³/mol. The molecule has 20 heavy (non-hydrogen) atoms. The fraction of sp³-hybridized carbons (Fsp3) is 0.0625. The van der Waals surface area contributed by atoms with Crippen molar-refractivity contribution < 1.29 is 0 Å². The van der Waals surface area contributed by atoms with E-state index in [1.807, 2.05) is 43.3 Å². The van der Waals surface area contributed by atoms with E-state index in [9.17, 15) is 0 Å². The molecule has 2 heterocycles. The van der Waals surface area contributed by atoms with Crippen LogP contribution in [0.4, 0.5) is 5.82 Å². The zero-order valence-corrected chi connectivity index (χ0v) is 11.3. The van der Waals surface area contributed by atoms with E-state index in [2.05, 4.69) is 21.7 Å². The second kappa shape index (κ2) is 6.43. The Balaban J connectivity index is 2.49. The van der Waals surface area contributed by atoms with Gasteiger partial charge in [-0.25, -0.2) is 4.98 Å². The van der Waals surface area contributed by atoms with Gasteiger partial charge in [0.15, 0.2) is 0 Å². The molecule has 0 saturated carbocycles. The maximum absolute atomic E-state index is 5.90. The van der Waals surface area contributed by atoms with Crippen molar-refractivity contribution in [3.63, 3.8) is 0 Å². The molecule has 2 aromatic heterocycles. The highest BCUT2D eigenvalue weighted by atomic mass is 14.8. The van der Waals surface area contributed by atoms with E-state index in [-0.39, 0.29) is 0 Å². The van der Waals surface area contributed by atoms with Crippen LogP contribution in [-0.2, 0) is 0 Å². The average molecular weight is 264 g/mol. The Morgan fingerprint density at radius 3 is 2.65 bits per heavy atom. The molecule has 0 atom stereocenters. The first-order valence-electron chi connectivity index (χ1n) is 6.21. The first kappa shape index (κ1) is 13.7. The van der Waals surface area contributed by atoms with Gasteiger partial charge in [0.1, 0.15) is 5.82 Å². The minimum absolute atomic E-state index is 0.480. The van der Waals surface area contributed by atoms with Crippen molar-refractivity contribution in [2.45, 2.75) is 6.92 Å². The summed E-state index contributed by atoms with van der Waals surface area (Å²) in [6.45, 7) is 5.37. The first-order chi connectivity index (χ1) is 9.74. The maximum atomic E-state index is 5.90. The average Bonchev–Trinajstić information content (AvgIpc) is 2.48. The van der Waals surface area contributed by atoms with Gasteiger partial charge in [-0.15, -0.1) is 0 Å². The summed E-state index contributed by atoms with van der Waals surface area (Å²) in [5, 5.41) is 0. The number of nitrogen functional groups attached to an aromatic ring is 1. The van der Waals surface area contributed by atoms with E-state index in [4.69, 9.17) is 5.73 Å². The van der Waals surface area contributed by atoms with Crippen LogP contribution in [0.25, 0.3) is 16.7 Å². The topological polar surface area (TPSA) is 64.2 Å². The summed E-state index contributed by atoms with van der Waals surface area (Å²) in [5.74, 6) is 0.480. The zero-order valence-electron chi connectivity index (χ0n) is 11.3. The molecule has 2 N–H and O–H groups in total. The molecule has 4 heteroatoms. The smallest absolute Gasteiger partial charge is 0.124 e. The third-order valence-electron chi connectivity index (χ3n) is 2.83. The van der Waals surface area contributed by atoms with Gasteiger partial charge in [-0.05, 0) is 60.7 Å². The Bertz CT molecular complexity index is 657. The molecule has 0 bridgehead atoms. The van der Waals surface area contributed by atoms with Crippen LogP contribution in [0.15, 0.2) is 60.0 Å². The van der Waals surface area contributed by atoms with Gasteiger partial charge in [0.2, 0.25) is 0 Å². The normalized spacial score (nSPS) is 11.8. The van der Waals surface area contributed by atoms with Gasteiger partial charge in [-0.1, -0.05) is 6.08 Å². The van der Waals surface area contributed by atoms with Gasteiger partial charge >= 0.3 is 0 Å². The number of aliphatic imine (C=N–C) groups is 1. The van der Waals surface area contributed by atoms with Crippen LogP contribution in [-0.4, -0.2) is 16.7 Å². The molecule has 0 radical (unpaired) electrons. The number of anilines is 1. The number of nitrogens with zero attached hydrogens (tertiary/aromatic N) is 3. The fourth-order valence-electron chi connectivity index (χ4n) is 1.87. The van der Waals surface area contributed by atoms with Crippen molar-refractivity contribution in [2.75, 3.05) is 5.73 Å². The Kier molecular flexibility index (Phi) is 4.39. The quantitative estimate of drug-likeness (QED) is 0.680. The van der Waals surface area contributed by atoms with Crippen molar-refractivity contribution in [2.24, 2.45) is 4.99 Å². The molecular weight excluding hydrogens is 248 g/mol. The number of aromatic nitrogens is 2. The van der Waals surface area contributed by atoms with Crippen LogP contribution in [0.5, 0.6) is 0 Å². The Morgan fingerprint density at radius 2 is 2.00 bits per heavy atom. The summed E-state index contributed by atoms with van der Waals surface area (Å²) < 4.78 is 0. The summed E-state index contributed by atoms with van der Waals surface area (Å²) in [7, 11) is 0. The third-order valence-corrected chi connectivity index (χ3v) is 2.83. The summed E-state index contributed by atoms with van der Waals surface area (Å²) in [6.07, 6.45) is 8.95. The number of allylic oxidation sites excluding steroid dienone is 3. The first-order valence-corrected chi connectivity index (χ1v) is 6.21. The molecule has 0 aromatic carbocycles. The molecule has 2 aromatic rings. The monoisotopic (exact) mass is 264 g/mol. The van der Waals surface area contributed by atoms with E-state index in [0.29, 0.717) is 5.82 Å². The molecule has 0 aliphatic rings. The van der Waals surface area contributed by atoms with Crippen molar-refractivity contribution in [3.8, 4) is 11.1 Å². The number of pyridine rings is 2. The molecule has 0 saturated heterocycles. The SMILES string of the molecule is C=N/C=C\C(=C/C)c1cc(-c2ccncc2)cc(N)n1. The van der Waals surface area contributed by atoms with Crippen molar-refractivity contribution in [1.29, 1.82) is 0 Å². The molecule has 0 fully saturated rings. The van der Waals surface area contributed by atoms with Gasteiger partial charge in [-0.2, -0.15) is 0 Å². The largest absolute Gasteiger partial charge is 0.384 e. The van der Waals surface area contributed by atoms with Crippen LogP contribution < -0.4 is 5.73 Å².